The first-order valence-corrected chi connectivity index (χ1v) is 11.3. The largest absolute Gasteiger partial charge is 0.366 e. The number of anilines is 1. The molecule has 0 radical (unpaired) electrons. The Hall–Kier alpha value is -2.94. The zero-order valence-corrected chi connectivity index (χ0v) is 17.1. The minimum absolute atomic E-state index is 0.0191. The van der Waals surface area contributed by atoms with Crippen LogP contribution in [-0.2, 0) is 14.8 Å². The highest BCUT2D eigenvalue weighted by atomic mass is 32.2. The Morgan fingerprint density at radius 1 is 0.967 bits per heavy atom. The molecule has 4 rings (SSSR count). The molecule has 2 aliphatic heterocycles. The number of fused-ring (bicyclic) bond motifs is 1. The van der Waals surface area contributed by atoms with Crippen LogP contribution in [0.4, 0.5) is 10.1 Å². The van der Waals surface area contributed by atoms with Crippen molar-refractivity contribution in [2.75, 3.05) is 37.6 Å². The molecule has 158 valence electrons. The summed E-state index contributed by atoms with van der Waals surface area (Å²) in [6.45, 7) is 1.97. The van der Waals surface area contributed by atoms with Crippen LogP contribution < -0.4 is 4.90 Å². The number of halogens is 1. The molecule has 0 N–H and O–H groups in total. The average Bonchev–Trinajstić information content (AvgIpc) is 2.95. The van der Waals surface area contributed by atoms with Gasteiger partial charge in [0, 0.05) is 39.1 Å². The van der Waals surface area contributed by atoms with E-state index in [-0.39, 0.29) is 41.6 Å². The molecule has 2 aromatic carbocycles. The molecule has 2 heterocycles. The molecule has 2 aliphatic rings. The third kappa shape index (κ3) is 3.65. The molecule has 7 nitrogen and oxygen atoms in total. The lowest BCUT2D eigenvalue weighted by Crippen LogP contribution is -2.49. The molecule has 0 atom stereocenters. The third-order valence-corrected chi connectivity index (χ3v) is 7.33. The Morgan fingerprint density at radius 2 is 1.63 bits per heavy atom. The van der Waals surface area contributed by atoms with Crippen molar-refractivity contribution in [3.05, 3.63) is 59.9 Å². The number of piperazine rings is 1. The first-order valence-electron chi connectivity index (χ1n) is 9.83. The number of benzene rings is 2. The maximum atomic E-state index is 13.9. The molecule has 30 heavy (non-hydrogen) atoms. The van der Waals surface area contributed by atoms with Crippen LogP contribution in [0.2, 0.25) is 0 Å². The second kappa shape index (κ2) is 8.06. The number of para-hydroxylation sites is 1. The van der Waals surface area contributed by atoms with Crippen LogP contribution >= 0.6 is 0 Å². The van der Waals surface area contributed by atoms with Gasteiger partial charge in [-0.25, -0.2) is 17.1 Å². The van der Waals surface area contributed by atoms with Crippen molar-refractivity contribution >= 4 is 27.5 Å². The van der Waals surface area contributed by atoms with Gasteiger partial charge in [0.1, 0.15) is 10.7 Å². The summed E-state index contributed by atoms with van der Waals surface area (Å²) < 4.78 is 39.9. The molecular weight excluding hydrogens is 409 g/mol. The second-order valence-electron chi connectivity index (χ2n) is 7.30. The maximum absolute atomic E-state index is 13.9. The molecule has 0 aromatic heterocycles. The second-order valence-corrected chi connectivity index (χ2v) is 9.13. The van der Waals surface area contributed by atoms with Gasteiger partial charge in [0.05, 0.1) is 11.3 Å². The Kier molecular flexibility index (Phi) is 5.46. The first kappa shape index (κ1) is 20.3. The van der Waals surface area contributed by atoms with E-state index in [2.05, 4.69) is 0 Å². The summed E-state index contributed by atoms with van der Waals surface area (Å²) in [5, 5.41) is 0. The number of hydrogen-bond acceptors (Lipinski definition) is 5. The van der Waals surface area contributed by atoms with E-state index in [1.165, 1.54) is 18.2 Å². The van der Waals surface area contributed by atoms with Crippen LogP contribution in [0.5, 0.6) is 0 Å². The Bertz CT molecular complexity index is 1080. The molecule has 2 amide bonds. The van der Waals surface area contributed by atoms with Crippen molar-refractivity contribution in [2.45, 2.75) is 17.7 Å². The number of sulfonamides is 1. The molecular formula is C21H22FN3O4S. The number of amides is 2. The topological polar surface area (TPSA) is 78.0 Å². The van der Waals surface area contributed by atoms with Crippen molar-refractivity contribution in [1.82, 2.24) is 9.21 Å². The van der Waals surface area contributed by atoms with E-state index in [0.29, 0.717) is 31.9 Å². The van der Waals surface area contributed by atoms with Crippen LogP contribution in [-0.4, -0.2) is 62.2 Å². The van der Waals surface area contributed by atoms with Crippen LogP contribution in [0.3, 0.4) is 0 Å². The molecule has 1 fully saturated rings. The van der Waals surface area contributed by atoms with Crippen molar-refractivity contribution in [3.63, 3.8) is 0 Å². The van der Waals surface area contributed by atoms with Gasteiger partial charge in [-0.15, -0.1) is 0 Å². The molecule has 0 saturated carbocycles. The van der Waals surface area contributed by atoms with E-state index >= 15 is 0 Å². The lowest BCUT2D eigenvalue weighted by atomic mass is 10.2. The SMILES string of the molecule is O=C(CCCN1C(=O)c2ccccc2S1(=O)=O)N1CCN(c2ccccc2F)CC1. The Labute approximate surface area is 174 Å². The van der Waals surface area contributed by atoms with Crippen LogP contribution in [0.15, 0.2) is 53.4 Å². The highest BCUT2D eigenvalue weighted by molar-refractivity contribution is 7.90. The normalized spacial score (nSPS) is 17.9. The number of rotatable bonds is 5. The van der Waals surface area contributed by atoms with Gasteiger partial charge in [0.2, 0.25) is 5.91 Å². The van der Waals surface area contributed by atoms with Gasteiger partial charge in [0.15, 0.2) is 0 Å². The summed E-state index contributed by atoms with van der Waals surface area (Å²) in [4.78, 5) is 28.6. The van der Waals surface area contributed by atoms with Gasteiger partial charge < -0.3 is 9.80 Å². The first-order chi connectivity index (χ1) is 14.4. The van der Waals surface area contributed by atoms with Crippen LogP contribution in [0.1, 0.15) is 23.2 Å². The fourth-order valence-corrected chi connectivity index (χ4v) is 5.50. The van der Waals surface area contributed by atoms with Gasteiger partial charge in [0.25, 0.3) is 15.9 Å². The fourth-order valence-electron chi connectivity index (χ4n) is 3.89. The minimum atomic E-state index is -3.84. The number of carbonyl (C=O) groups excluding carboxylic acids is 2. The predicted molar refractivity (Wildman–Crippen MR) is 109 cm³/mol. The molecule has 0 bridgehead atoms. The monoisotopic (exact) mass is 431 g/mol. The lowest BCUT2D eigenvalue weighted by molar-refractivity contribution is -0.131. The van der Waals surface area contributed by atoms with E-state index in [0.717, 1.165) is 4.31 Å². The predicted octanol–water partition coefficient (Wildman–Crippen LogP) is 2.10. The maximum Gasteiger partial charge on any atom is 0.269 e. The molecule has 2 aromatic rings. The summed E-state index contributed by atoms with van der Waals surface area (Å²) in [6, 6.07) is 12.7. The highest BCUT2D eigenvalue weighted by Crippen LogP contribution is 2.30. The van der Waals surface area contributed by atoms with E-state index in [4.69, 9.17) is 0 Å². The zero-order valence-electron chi connectivity index (χ0n) is 16.3. The Balaban J connectivity index is 1.29. The summed E-state index contributed by atoms with van der Waals surface area (Å²) in [5.41, 5.74) is 0.704. The van der Waals surface area contributed by atoms with Gasteiger partial charge >= 0.3 is 0 Å². The van der Waals surface area contributed by atoms with E-state index < -0.39 is 15.9 Å². The summed E-state index contributed by atoms with van der Waals surface area (Å²) in [7, 11) is -3.84. The molecule has 0 unspecified atom stereocenters. The number of nitrogens with zero attached hydrogens (tertiary/aromatic N) is 3. The van der Waals surface area contributed by atoms with Crippen molar-refractivity contribution in [1.29, 1.82) is 0 Å². The lowest BCUT2D eigenvalue weighted by Gasteiger charge is -2.36. The van der Waals surface area contributed by atoms with Crippen molar-refractivity contribution in [3.8, 4) is 0 Å². The van der Waals surface area contributed by atoms with Crippen molar-refractivity contribution < 1.29 is 22.4 Å². The zero-order chi connectivity index (χ0) is 21.3. The van der Waals surface area contributed by atoms with Crippen LogP contribution in [0, 0.1) is 5.82 Å². The molecule has 0 aliphatic carbocycles. The molecule has 0 spiro atoms. The highest BCUT2D eigenvalue weighted by Gasteiger charge is 2.40. The van der Waals surface area contributed by atoms with E-state index in [1.54, 1.807) is 35.2 Å². The molecule has 9 heteroatoms. The average molecular weight is 431 g/mol. The van der Waals surface area contributed by atoms with Crippen molar-refractivity contribution in [2.24, 2.45) is 0 Å². The molecule has 1 saturated heterocycles. The summed E-state index contributed by atoms with van der Waals surface area (Å²) in [6.07, 6.45) is 0.403. The van der Waals surface area contributed by atoms with Gasteiger partial charge in [-0.1, -0.05) is 24.3 Å². The summed E-state index contributed by atoms with van der Waals surface area (Å²) >= 11 is 0. The van der Waals surface area contributed by atoms with E-state index in [1.807, 2.05) is 4.90 Å². The van der Waals surface area contributed by atoms with Gasteiger partial charge in [-0.05, 0) is 30.7 Å². The fraction of sp³-hybridized carbons (Fsp3) is 0.333. The van der Waals surface area contributed by atoms with E-state index in [9.17, 15) is 22.4 Å². The third-order valence-electron chi connectivity index (χ3n) is 5.49. The van der Waals surface area contributed by atoms with Gasteiger partial charge in [-0.3, -0.25) is 9.59 Å². The quantitative estimate of drug-likeness (QED) is 0.725. The number of hydrogen-bond donors (Lipinski definition) is 0. The smallest absolute Gasteiger partial charge is 0.269 e. The Morgan fingerprint density at radius 3 is 2.33 bits per heavy atom. The van der Waals surface area contributed by atoms with Gasteiger partial charge in [-0.2, -0.15) is 0 Å². The minimum Gasteiger partial charge on any atom is -0.366 e. The number of carbonyl (C=O) groups is 2. The van der Waals surface area contributed by atoms with Crippen LogP contribution in [0.25, 0.3) is 0 Å². The summed E-state index contributed by atoms with van der Waals surface area (Å²) in [5.74, 6) is -0.920. The standard InChI is InChI=1S/C21H22FN3O4S/c22-17-7-2-3-8-18(17)23-12-14-24(15-13-23)20(26)10-5-11-25-21(27)16-6-1-4-9-19(16)30(25,28)29/h1-4,6-9H,5,10-15H2.